The molecule has 0 radical (unpaired) electrons. The molecule has 20 heavy (non-hydrogen) atoms. The summed E-state index contributed by atoms with van der Waals surface area (Å²) in [5.74, 6) is 0.518. The molecule has 0 saturated heterocycles. The van der Waals surface area contributed by atoms with Crippen LogP contribution in [0.5, 0.6) is 5.75 Å². The van der Waals surface area contributed by atoms with Crippen LogP contribution in [-0.4, -0.2) is 18.1 Å². The zero-order valence-electron chi connectivity index (χ0n) is 12.4. The van der Waals surface area contributed by atoms with Crippen LogP contribution in [0.4, 0.5) is 0 Å². The predicted octanol–water partition coefficient (Wildman–Crippen LogP) is 3.29. The number of carbonyl (C=O) groups is 1. The van der Waals surface area contributed by atoms with Gasteiger partial charge in [0.25, 0.3) is 5.91 Å². The molecule has 4 heteroatoms. The van der Waals surface area contributed by atoms with E-state index in [2.05, 4.69) is 18.3 Å². The lowest BCUT2D eigenvalue weighted by molar-refractivity contribution is 0.0923. The molecule has 0 fully saturated rings. The zero-order valence-corrected chi connectivity index (χ0v) is 12.4. The Morgan fingerprint density at radius 3 is 2.50 bits per heavy atom. The molecule has 1 aromatic rings. The number of amides is 1. The second-order valence-corrected chi connectivity index (χ2v) is 4.98. The standard InChI is InChI=1S/C16H22N2O2/c1-4-6-11-20-14-9-7-13(8-10-14)15(19)18-16(3,5-2)12-17/h7-10H,4-6,11H2,1-3H3,(H,18,19). The van der Waals surface area contributed by atoms with E-state index in [0.717, 1.165) is 18.6 Å². The van der Waals surface area contributed by atoms with Crippen molar-refractivity contribution in [1.29, 1.82) is 5.26 Å². The molecule has 1 amide bonds. The van der Waals surface area contributed by atoms with Gasteiger partial charge in [-0.3, -0.25) is 4.79 Å². The molecule has 1 rings (SSSR count). The van der Waals surface area contributed by atoms with Gasteiger partial charge in [0, 0.05) is 5.56 Å². The van der Waals surface area contributed by atoms with Crippen molar-refractivity contribution in [2.45, 2.75) is 45.6 Å². The number of carbonyl (C=O) groups excluding carboxylic acids is 1. The number of hydrogen-bond donors (Lipinski definition) is 1. The molecule has 1 N–H and O–H groups in total. The maximum absolute atomic E-state index is 12.0. The number of ether oxygens (including phenoxy) is 1. The van der Waals surface area contributed by atoms with E-state index < -0.39 is 5.54 Å². The van der Waals surface area contributed by atoms with Crippen molar-refractivity contribution in [1.82, 2.24) is 5.32 Å². The van der Waals surface area contributed by atoms with Crippen LogP contribution in [0.1, 0.15) is 50.4 Å². The Morgan fingerprint density at radius 1 is 1.35 bits per heavy atom. The second kappa shape index (κ2) is 7.54. The number of unbranched alkanes of at least 4 members (excludes halogenated alkanes) is 1. The molecular formula is C16H22N2O2. The molecule has 1 unspecified atom stereocenters. The summed E-state index contributed by atoms with van der Waals surface area (Å²) < 4.78 is 5.54. The molecule has 0 spiro atoms. The van der Waals surface area contributed by atoms with Gasteiger partial charge >= 0.3 is 0 Å². The first-order chi connectivity index (χ1) is 9.54. The largest absolute Gasteiger partial charge is 0.494 e. The van der Waals surface area contributed by atoms with Gasteiger partial charge in [0.1, 0.15) is 11.3 Å². The van der Waals surface area contributed by atoms with Crippen LogP contribution in [0.2, 0.25) is 0 Å². The highest BCUT2D eigenvalue weighted by molar-refractivity contribution is 5.95. The van der Waals surface area contributed by atoms with Crippen LogP contribution in [0.3, 0.4) is 0 Å². The van der Waals surface area contributed by atoms with Crippen molar-refractivity contribution in [3.05, 3.63) is 29.8 Å². The highest BCUT2D eigenvalue weighted by atomic mass is 16.5. The van der Waals surface area contributed by atoms with Crippen molar-refractivity contribution >= 4 is 5.91 Å². The molecule has 0 aliphatic heterocycles. The number of hydrogen-bond acceptors (Lipinski definition) is 3. The monoisotopic (exact) mass is 274 g/mol. The van der Waals surface area contributed by atoms with Crippen molar-refractivity contribution < 1.29 is 9.53 Å². The Bertz CT molecular complexity index is 476. The van der Waals surface area contributed by atoms with E-state index in [-0.39, 0.29) is 5.91 Å². The number of nitriles is 1. The van der Waals surface area contributed by atoms with E-state index in [1.807, 2.05) is 6.92 Å². The minimum Gasteiger partial charge on any atom is -0.494 e. The first kappa shape index (κ1) is 16.0. The third kappa shape index (κ3) is 4.58. The molecule has 0 heterocycles. The van der Waals surface area contributed by atoms with Crippen molar-refractivity contribution in [2.24, 2.45) is 0 Å². The Balaban J connectivity index is 2.64. The van der Waals surface area contributed by atoms with Gasteiger partial charge in [-0.1, -0.05) is 20.3 Å². The number of benzene rings is 1. The molecule has 0 aromatic heterocycles. The SMILES string of the molecule is CCCCOc1ccc(C(=O)NC(C)(C#N)CC)cc1. The van der Waals surface area contributed by atoms with Crippen LogP contribution >= 0.6 is 0 Å². The average molecular weight is 274 g/mol. The lowest BCUT2D eigenvalue weighted by Gasteiger charge is -2.21. The van der Waals surface area contributed by atoms with Gasteiger partial charge in [0.05, 0.1) is 12.7 Å². The van der Waals surface area contributed by atoms with Crippen LogP contribution in [0.15, 0.2) is 24.3 Å². The van der Waals surface area contributed by atoms with Gasteiger partial charge in [-0.2, -0.15) is 5.26 Å². The lowest BCUT2D eigenvalue weighted by Crippen LogP contribution is -2.44. The van der Waals surface area contributed by atoms with E-state index in [4.69, 9.17) is 10.00 Å². The van der Waals surface area contributed by atoms with Gasteiger partial charge in [0.2, 0.25) is 0 Å². The van der Waals surface area contributed by atoms with Gasteiger partial charge in [-0.25, -0.2) is 0 Å². The lowest BCUT2D eigenvalue weighted by atomic mass is 10.0. The Hall–Kier alpha value is -2.02. The molecule has 0 bridgehead atoms. The fourth-order valence-electron chi connectivity index (χ4n) is 1.56. The first-order valence-corrected chi connectivity index (χ1v) is 7.01. The van der Waals surface area contributed by atoms with Crippen molar-refractivity contribution in [3.8, 4) is 11.8 Å². The summed E-state index contributed by atoms with van der Waals surface area (Å²) in [5, 5.41) is 11.8. The van der Waals surface area contributed by atoms with Crippen LogP contribution in [0, 0.1) is 11.3 Å². The van der Waals surface area contributed by atoms with Gasteiger partial charge in [-0.05, 0) is 44.0 Å². The summed E-state index contributed by atoms with van der Waals surface area (Å²) in [6, 6.07) is 9.10. The number of nitrogens with zero attached hydrogens (tertiary/aromatic N) is 1. The summed E-state index contributed by atoms with van der Waals surface area (Å²) >= 11 is 0. The normalized spacial score (nSPS) is 13.1. The fourth-order valence-corrected chi connectivity index (χ4v) is 1.56. The van der Waals surface area contributed by atoms with Gasteiger partial charge in [-0.15, -0.1) is 0 Å². The van der Waals surface area contributed by atoms with E-state index in [1.54, 1.807) is 31.2 Å². The summed E-state index contributed by atoms with van der Waals surface area (Å²) in [6.07, 6.45) is 2.66. The Kier molecular flexibility index (Phi) is 6.05. The van der Waals surface area contributed by atoms with E-state index in [0.29, 0.717) is 18.6 Å². The predicted molar refractivity (Wildman–Crippen MR) is 78.6 cm³/mol. The van der Waals surface area contributed by atoms with E-state index in [9.17, 15) is 4.79 Å². The minimum atomic E-state index is -0.826. The topological polar surface area (TPSA) is 62.1 Å². The first-order valence-electron chi connectivity index (χ1n) is 7.01. The summed E-state index contributed by atoms with van der Waals surface area (Å²) in [4.78, 5) is 12.0. The summed E-state index contributed by atoms with van der Waals surface area (Å²) in [5.41, 5.74) is -0.296. The van der Waals surface area contributed by atoms with Gasteiger partial charge < -0.3 is 10.1 Å². The van der Waals surface area contributed by atoms with E-state index >= 15 is 0 Å². The fraction of sp³-hybridized carbons (Fsp3) is 0.500. The third-order valence-electron chi connectivity index (χ3n) is 3.23. The van der Waals surface area contributed by atoms with Crippen molar-refractivity contribution in [3.63, 3.8) is 0 Å². The molecule has 1 atom stereocenters. The van der Waals surface area contributed by atoms with Crippen LogP contribution < -0.4 is 10.1 Å². The quantitative estimate of drug-likeness (QED) is 0.776. The maximum atomic E-state index is 12.0. The highest BCUT2D eigenvalue weighted by Gasteiger charge is 2.24. The number of rotatable bonds is 7. The highest BCUT2D eigenvalue weighted by Crippen LogP contribution is 2.14. The van der Waals surface area contributed by atoms with E-state index in [1.165, 1.54) is 0 Å². The molecule has 0 saturated carbocycles. The second-order valence-electron chi connectivity index (χ2n) is 4.98. The number of nitrogens with one attached hydrogen (secondary N) is 1. The maximum Gasteiger partial charge on any atom is 0.252 e. The average Bonchev–Trinajstić information content (AvgIpc) is 2.48. The Labute approximate surface area is 120 Å². The van der Waals surface area contributed by atoms with Gasteiger partial charge in [0.15, 0.2) is 0 Å². The molecule has 0 aliphatic carbocycles. The molecule has 0 aliphatic rings. The third-order valence-corrected chi connectivity index (χ3v) is 3.23. The summed E-state index contributed by atoms with van der Waals surface area (Å²) in [7, 11) is 0. The summed E-state index contributed by atoms with van der Waals surface area (Å²) in [6.45, 7) is 6.38. The van der Waals surface area contributed by atoms with Crippen LogP contribution in [-0.2, 0) is 0 Å². The molecular weight excluding hydrogens is 252 g/mol. The zero-order chi connectivity index (χ0) is 15.0. The molecule has 108 valence electrons. The Morgan fingerprint density at radius 2 is 2.00 bits per heavy atom. The smallest absolute Gasteiger partial charge is 0.252 e. The molecule has 1 aromatic carbocycles. The molecule has 4 nitrogen and oxygen atoms in total. The van der Waals surface area contributed by atoms with Crippen LogP contribution in [0.25, 0.3) is 0 Å². The van der Waals surface area contributed by atoms with Crippen molar-refractivity contribution in [2.75, 3.05) is 6.61 Å². The minimum absolute atomic E-state index is 0.240.